The molecule has 1 heterocycles. The van der Waals surface area contributed by atoms with Crippen LogP contribution in [0.3, 0.4) is 0 Å². The molecule has 0 radical (unpaired) electrons. The number of anilines is 1. The van der Waals surface area contributed by atoms with E-state index in [4.69, 9.17) is 4.74 Å². The molecule has 1 aromatic carbocycles. The Morgan fingerprint density at radius 1 is 1.10 bits per heavy atom. The number of amides is 2. The van der Waals surface area contributed by atoms with Crippen LogP contribution in [0.15, 0.2) is 24.3 Å². The molecular formula is C24H37BN2O3. The summed E-state index contributed by atoms with van der Waals surface area (Å²) < 4.78 is 5.52. The van der Waals surface area contributed by atoms with Crippen molar-refractivity contribution in [2.75, 3.05) is 24.5 Å². The van der Waals surface area contributed by atoms with E-state index in [1.165, 1.54) is 11.9 Å². The van der Waals surface area contributed by atoms with Crippen LogP contribution in [0.4, 0.5) is 10.5 Å². The maximum Gasteiger partial charge on any atom is 0.410 e. The monoisotopic (exact) mass is 412 g/mol. The molecule has 2 amide bonds. The number of hydrogen-bond donors (Lipinski definition) is 0. The average Bonchev–Trinajstić information content (AvgIpc) is 2.71. The number of nitrogens with zero attached hydrogens (tertiary/aromatic N) is 2. The van der Waals surface area contributed by atoms with Gasteiger partial charge in [0.05, 0.1) is 0 Å². The third kappa shape index (κ3) is 6.26. The molecule has 0 spiro atoms. The van der Waals surface area contributed by atoms with Crippen molar-refractivity contribution in [2.45, 2.75) is 71.3 Å². The first-order valence-electron chi connectivity index (χ1n) is 11.6. The quantitative estimate of drug-likeness (QED) is 0.712. The van der Waals surface area contributed by atoms with Gasteiger partial charge < -0.3 is 14.5 Å². The number of carbonyl (C=O) groups excluding carboxylic acids is 2. The molecular weight excluding hydrogens is 375 g/mol. The molecule has 0 bridgehead atoms. The van der Waals surface area contributed by atoms with Gasteiger partial charge in [0.2, 0.25) is 5.91 Å². The highest BCUT2D eigenvalue weighted by molar-refractivity contribution is 6.32. The molecule has 2 aliphatic rings. The molecule has 1 aliphatic carbocycles. The van der Waals surface area contributed by atoms with Crippen LogP contribution in [0.1, 0.15) is 65.7 Å². The lowest BCUT2D eigenvalue weighted by Crippen LogP contribution is -2.46. The Labute approximate surface area is 182 Å². The van der Waals surface area contributed by atoms with Crippen LogP contribution >= 0.6 is 0 Å². The number of ether oxygens (including phenoxy) is 1. The van der Waals surface area contributed by atoms with Gasteiger partial charge in [-0.05, 0) is 64.5 Å². The van der Waals surface area contributed by atoms with Crippen LogP contribution in [-0.2, 0) is 9.53 Å². The fourth-order valence-electron chi connectivity index (χ4n) is 4.57. The number of piperidine rings is 1. The third-order valence-corrected chi connectivity index (χ3v) is 6.24. The molecule has 0 unspecified atom stereocenters. The highest BCUT2D eigenvalue weighted by Crippen LogP contribution is 2.29. The Bertz CT molecular complexity index is 732. The summed E-state index contributed by atoms with van der Waals surface area (Å²) in [5.74, 6) is 0.840. The van der Waals surface area contributed by atoms with E-state index in [-0.39, 0.29) is 17.9 Å². The van der Waals surface area contributed by atoms with Gasteiger partial charge >= 0.3 is 6.09 Å². The van der Waals surface area contributed by atoms with Gasteiger partial charge in [0.1, 0.15) is 13.4 Å². The third-order valence-electron chi connectivity index (χ3n) is 6.24. The van der Waals surface area contributed by atoms with Crippen molar-refractivity contribution < 1.29 is 14.3 Å². The molecule has 0 N–H and O–H groups in total. The second-order valence-electron chi connectivity index (χ2n) is 10.0. The summed E-state index contributed by atoms with van der Waals surface area (Å²) in [6.45, 7) is 7.81. The Balaban J connectivity index is 1.65. The summed E-state index contributed by atoms with van der Waals surface area (Å²) in [6.07, 6.45) is 7.17. The van der Waals surface area contributed by atoms with E-state index in [2.05, 4.69) is 26.0 Å². The van der Waals surface area contributed by atoms with Gasteiger partial charge in [-0.2, -0.15) is 0 Å². The zero-order chi connectivity index (χ0) is 21.7. The van der Waals surface area contributed by atoms with E-state index in [1.807, 2.05) is 36.6 Å². The molecule has 1 saturated carbocycles. The number of rotatable bonds is 4. The van der Waals surface area contributed by atoms with Crippen LogP contribution in [0, 0.1) is 11.8 Å². The van der Waals surface area contributed by atoms with Crippen molar-refractivity contribution in [2.24, 2.45) is 11.8 Å². The fraction of sp³-hybridized carbons (Fsp3) is 0.667. The van der Waals surface area contributed by atoms with E-state index in [9.17, 15) is 9.59 Å². The Kier molecular flexibility index (Phi) is 7.48. The minimum absolute atomic E-state index is 0.154. The van der Waals surface area contributed by atoms with Crippen molar-refractivity contribution in [1.29, 1.82) is 0 Å². The van der Waals surface area contributed by atoms with Gasteiger partial charge in [0.15, 0.2) is 0 Å². The normalized spacial score (nSPS) is 18.8. The first-order chi connectivity index (χ1) is 14.2. The number of likely N-dealkylation sites (tertiary alicyclic amines) is 1. The predicted octanol–water partition coefficient (Wildman–Crippen LogP) is 3.51. The van der Waals surface area contributed by atoms with E-state index >= 15 is 0 Å². The lowest BCUT2D eigenvalue weighted by Gasteiger charge is -2.37. The molecule has 3 rings (SSSR count). The molecule has 0 aromatic heterocycles. The topological polar surface area (TPSA) is 49.9 Å². The Morgan fingerprint density at radius 2 is 1.77 bits per heavy atom. The molecule has 30 heavy (non-hydrogen) atoms. The highest BCUT2D eigenvalue weighted by Gasteiger charge is 2.31. The van der Waals surface area contributed by atoms with Crippen LogP contribution < -0.4 is 10.4 Å². The van der Waals surface area contributed by atoms with Crippen LogP contribution in [0.5, 0.6) is 0 Å². The number of carbonyl (C=O) groups is 2. The van der Waals surface area contributed by atoms with Gasteiger partial charge in [0, 0.05) is 31.2 Å². The maximum absolute atomic E-state index is 13.5. The van der Waals surface area contributed by atoms with E-state index in [0.29, 0.717) is 19.0 Å². The van der Waals surface area contributed by atoms with Gasteiger partial charge in [-0.15, -0.1) is 0 Å². The maximum atomic E-state index is 13.5. The summed E-state index contributed by atoms with van der Waals surface area (Å²) >= 11 is 0. The van der Waals surface area contributed by atoms with E-state index in [0.717, 1.165) is 50.8 Å². The summed E-state index contributed by atoms with van der Waals surface area (Å²) in [5.41, 5.74) is 1.72. The number of hydrogen-bond acceptors (Lipinski definition) is 3. The van der Waals surface area contributed by atoms with Crippen LogP contribution in [0.2, 0.25) is 0 Å². The zero-order valence-corrected chi connectivity index (χ0v) is 19.2. The first-order valence-corrected chi connectivity index (χ1v) is 11.6. The fourth-order valence-corrected chi connectivity index (χ4v) is 4.57. The van der Waals surface area contributed by atoms with Crippen molar-refractivity contribution in [1.82, 2.24) is 4.90 Å². The standard InChI is InChI=1S/C24H37BN2O3/c1-24(2,3)30-23(29)26-14-12-18(13-15-26)17-27(21-11-7-10-20(25)16-21)22(28)19-8-5-4-6-9-19/h7,10-11,16,18-19H,4-6,8-9,12-15,17,25H2,1-3H3. The molecule has 1 aromatic rings. The van der Waals surface area contributed by atoms with Gasteiger partial charge in [-0.1, -0.05) is 36.9 Å². The van der Waals surface area contributed by atoms with Crippen LogP contribution in [0.25, 0.3) is 0 Å². The number of benzene rings is 1. The zero-order valence-electron chi connectivity index (χ0n) is 19.2. The molecule has 0 atom stereocenters. The molecule has 6 heteroatoms. The Hall–Kier alpha value is -1.98. The lowest BCUT2D eigenvalue weighted by atomic mass is 9.87. The van der Waals surface area contributed by atoms with E-state index < -0.39 is 5.60 Å². The average molecular weight is 412 g/mol. The van der Waals surface area contributed by atoms with Gasteiger partial charge in [-0.25, -0.2) is 4.79 Å². The largest absolute Gasteiger partial charge is 0.444 e. The van der Waals surface area contributed by atoms with E-state index in [1.54, 1.807) is 0 Å². The summed E-state index contributed by atoms with van der Waals surface area (Å²) in [7, 11) is 2.08. The smallest absolute Gasteiger partial charge is 0.410 e. The molecule has 2 fully saturated rings. The van der Waals surface area contributed by atoms with Crippen LogP contribution in [-0.4, -0.2) is 50.0 Å². The molecule has 1 aliphatic heterocycles. The highest BCUT2D eigenvalue weighted by atomic mass is 16.6. The Morgan fingerprint density at radius 3 is 2.37 bits per heavy atom. The van der Waals surface area contributed by atoms with Crippen molar-refractivity contribution in [3.8, 4) is 0 Å². The van der Waals surface area contributed by atoms with Gasteiger partial charge in [-0.3, -0.25) is 4.79 Å². The van der Waals surface area contributed by atoms with Crippen molar-refractivity contribution in [3.05, 3.63) is 24.3 Å². The molecule has 1 saturated heterocycles. The minimum Gasteiger partial charge on any atom is -0.444 e. The van der Waals surface area contributed by atoms with Crippen molar-refractivity contribution in [3.63, 3.8) is 0 Å². The van der Waals surface area contributed by atoms with Gasteiger partial charge in [0.25, 0.3) is 0 Å². The minimum atomic E-state index is -0.470. The SMILES string of the molecule is Bc1cccc(N(CC2CCN(C(=O)OC(C)(C)C)CC2)C(=O)C2CCCCC2)c1. The second-order valence-corrected chi connectivity index (χ2v) is 10.0. The molecule has 164 valence electrons. The summed E-state index contributed by atoms with van der Waals surface area (Å²) in [6, 6.07) is 8.29. The van der Waals surface area contributed by atoms with Crippen molar-refractivity contribution >= 4 is 31.0 Å². The molecule has 5 nitrogen and oxygen atoms in total. The summed E-state index contributed by atoms with van der Waals surface area (Å²) in [4.78, 5) is 29.7. The lowest BCUT2D eigenvalue weighted by molar-refractivity contribution is -0.123. The first kappa shape index (κ1) is 22.7. The summed E-state index contributed by atoms with van der Waals surface area (Å²) in [5, 5.41) is 0. The second kappa shape index (κ2) is 9.89. The predicted molar refractivity (Wildman–Crippen MR) is 124 cm³/mol.